The zero-order valence-electron chi connectivity index (χ0n) is 10.1. The van der Waals surface area contributed by atoms with Crippen LogP contribution in [0.2, 0.25) is 0 Å². The van der Waals surface area contributed by atoms with Gasteiger partial charge in [0.05, 0.1) is 6.42 Å². The van der Waals surface area contributed by atoms with Crippen molar-refractivity contribution >= 4 is 12.0 Å². The summed E-state index contributed by atoms with van der Waals surface area (Å²) in [7, 11) is 3.31. The number of carbonyl (C=O) groups is 2. The number of carbonyl (C=O) groups excluding carboxylic acids is 1. The first-order chi connectivity index (χ1) is 6.66. The first kappa shape index (κ1) is 13.7. The summed E-state index contributed by atoms with van der Waals surface area (Å²) in [6.45, 7) is 5.89. The lowest BCUT2D eigenvalue weighted by molar-refractivity contribution is -0.137. The Kier molecular flexibility index (Phi) is 4.58. The van der Waals surface area contributed by atoms with Crippen LogP contribution in [0.1, 0.15) is 27.2 Å². The summed E-state index contributed by atoms with van der Waals surface area (Å²) in [4.78, 5) is 25.2. The van der Waals surface area contributed by atoms with E-state index in [2.05, 4.69) is 0 Å². The van der Waals surface area contributed by atoms with E-state index in [0.29, 0.717) is 0 Å². The summed E-state index contributed by atoms with van der Waals surface area (Å²) in [6, 6.07) is -0.163. The van der Waals surface area contributed by atoms with Crippen molar-refractivity contribution in [2.24, 2.45) is 0 Å². The average molecular weight is 216 g/mol. The highest BCUT2D eigenvalue weighted by Gasteiger charge is 2.27. The van der Waals surface area contributed by atoms with Crippen molar-refractivity contribution in [1.82, 2.24) is 9.80 Å². The Balaban J connectivity index is 4.60. The third kappa shape index (κ3) is 4.67. The topological polar surface area (TPSA) is 60.9 Å². The molecule has 88 valence electrons. The fraction of sp³-hybridized carbons (Fsp3) is 0.800. The van der Waals surface area contributed by atoms with Crippen LogP contribution in [0.4, 0.5) is 4.79 Å². The molecule has 0 radical (unpaired) electrons. The second kappa shape index (κ2) is 5.00. The third-order valence-corrected chi connectivity index (χ3v) is 1.97. The lowest BCUT2D eigenvalue weighted by Gasteiger charge is -2.37. The van der Waals surface area contributed by atoms with E-state index in [9.17, 15) is 9.59 Å². The summed E-state index contributed by atoms with van der Waals surface area (Å²) in [6.07, 6.45) is -0.0309. The van der Waals surface area contributed by atoms with Crippen LogP contribution in [0, 0.1) is 0 Å². The van der Waals surface area contributed by atoms with E-state index in [-0.39, 0.29) is 24.5 Å². The van der Waals surface area contributed by atoms with Crippen LogP contribution in [-0.2, 0) is 4.79 Å². The van der Waals surface area contributed by atoms with Gasteiger partial charge in [-0.1, -0.05) is 0 Å². The van der Waals surface area contributed by atoms with E-state index >= 15 is 0 Å². The summed E-state index contributed by atoms with van der Waals surface area (Å²) >= 11 is 0. The Bertz CT molecular complexity index is 244. The van der Waals surface area contributed by atoms with Crippen LogP contribution < -0.4 is 0 Å². The van der Waals surface area contributed by atoms with E-state index < -0.39 is 5.97 Å². The molecule has 5 nitrogen and oxygen atoms in total. The van der Waals surface area contributed by atoms with Crippen molar-refractivity contribution in [2.45, 2.75) is 32.7 Å². The Hall–Kier alpha value is -1.26. The molecule has 0 atom stereocenters. The van der Waals surface area contributed by atoms with Crippen molar-refractivity contribution in [2.75, 3.05) is 20.6 Å². The van der Waals surface area contributed by atoms with Gasteiger partial charge in [-0.25, -0.2) is 4.79 Å². The lowest BCUT2D eigenvalue weighted by Crippen LogP contribution is -2.50. The summed E-state index contributed by atoms with van der Waals surface area (Å²) < 4.78 is 0. The molecular weight excluding hydrogens is 196 g/mol. The molecule has 0 aliphatic rings. The Morgan fingerprint density at radius 2 is 1.67 bits per heavy atom. The van der Waals surface area contributed by atoms with Gasteiger partial charge in [-0.3, -0.25) is 4.79 Å². The predicted octanol–water partition coefficient (Wildman–Crippen LogP) is 1.24. The largest absolute Gasteiger partial charge is 0.481 e. The van der Waals surface area contributed by atoms with Gasteiger partial charge in [-0.05, 0) is 20.8 Å². The molecule has 0 rings (SSSR count). The zero-order chi connectivity index (χ0) is 12.2. The van der Waals surface area contributed by atoms with Gasteiger partial charge < -0.3 is 14.9 Å². The van der Waals surface area contributed by atoms with E-state index in [0.717, 1.165) is 0 Å². The molecule has 0 aromatic rings. The highest BCUT2D eigenvalue weighted by Crippen LogP contribution is 2.15. The second-order valence-corrected chi connectivity index (χ2v) is 4.64. The van der Waals surface area contributed by atoms with Gasteiger partial charge in [0.1, 0.15) is 0 Å². The van der Waals surface area contributed by atoms with Gasteiger partial charge in [0.15, 0.2) is 0 Å². The zero-order valence-corrected chi connectivity index (χ0v) is 10.1. The number of urea groups is 1. The minimum absolute atomic E-state index is 0.0309. The lowest BCUT2D eigenvalue weighted by atomic mass is 10.1. The number of nitrogens with zero attached hydrogens (tertiary/aromatic N) is 2. The number of carboxylic acids is 1. The molecule has 0 unspecified atom stereocenters. The molecule has 0 aliphatic carbocycles. The smallest absolute Gasteiger partial charge is 0.319 e. The quantitative estimate of drug-likeness (QED) is 0.772. The fourth-order valence-corrected chi connectivity index (χ4v) is 1.17. The highest BCUT2D eigenvalue weighted by atomic mass is 16.4. The van der Waals surface area contributed by atoms with Crippen LogP contribution in [0.25, 0.3) is 0 Å². The van der Waals surface area contributed by atoms with Gasteiger partial charge in [-0.15, -0.1) is 0 Å². The summed E-state index contributed by atoms with van der Waals surface area (Å²) in [5.41, 5.74) is -0.364. The third-order valence-electron chi connectivity index (χ3n) is 1.97. The second-order valence-electron chi connectivity index (χ2n) is 4.64. The number of hydrogen-bond acceptors (Lipinski definition) is 2. The highest BCUT2D eigenvalue weighted by molar-refractivity contribution is 5.75. The molecule has 0 saturated heterocycles. The molecular formula is C10H20N2O3. The first-order valence-electron chi connectivity index (χ1n) is 4.87. The number of hydrogen-bond donors (Lipinski definition) is 1. The van der Waals surface area contributed by atoms with Crippen LogP contribution in [-0.4, -0.2) is 53.1 Å². The van der Waals surface area contributed by atoms with Gasteiger partial charge >= 0.3 is 12.0 Å². The molecule has 2 amide bonds. The molecule has 15 heavy (non-hydrogen) atoms. The van der Waals surface area contributed by atoms with Crippen LogP contribution in [0.3, 0.4) is 0 Å². The van der Waals surface area contributed by atoms with E-state index in [1.54, 1.807) is 19.0 Å². The maximum absolute atomic E-state index is 11.8. The molecule has 0 aromatic heterocycles. The van der Waals surface area contributed by atoms with Gasteiger partial charge in [0, 0.05) is 26.2 Å². The average Bonchev–Trinajstić information content (AvgIpc) is 2.00. The van der Waals surface area contributed by atoms with Crippen LogP contribution in [0.15, 0.2) is 0 Å². The minimum atomic E-state index is -0.893. The molecule has 0 aliphatic heterocycles. The Morgan fingerprint density at radius 1 is 1.20 bits per heavy atom. The summed E-state index contributed by atoms with van der Waals surface area (Å²) in [5, 5.41) is 8.60. The SMILES string of the molecule is CN(C)C(=O)N(CCC(=O)O)C(C)(C)C. The number of rotatable bonds is 3. The van der Waals surface area contributed by atoms with Crippen molar-refractivity contribution in [1.29, 1.82) is 0 Å². The molecule has 0 aromatic carbocycles. The van der Waals surface area contributed by atoms with Crippen molar-refractivity contribution in [3.8, 4) is 0 Å². The van der Waals surface area contributed by atoms with Gasteiger partial charge in [0.2, 0.25) is 0 Å². The minimum Gasteiger partial charge on any atom is -0.481 e. The Labute approximate surface area is 90.7 Å². The van der Waals surface area contributed by atoms with Crippen LogP contribution >= 0.6 is 0 Å². The standard InChI is InChI=1S/C10H20N2O3/c1-10(2,3)12(7-6-8(13)14)9(15)11(4)5/h6-7H2,1-5H3,(H,13,14). The molecule has 0 saturated carbocycles. The molecule has 5 heteroatoms. The van der Waals surface area contributed by atoms with E-state index in [4.69, 9.17) is 5.11 Å². The maximum Gasteiger partial charge on any atom is 0.319 e. The summed E-state index contributed by atoms with van der Waals surface area (Å²) in [5.74, 6) is -0.893. The number of amides is 2. The molecule has 0 spiro atoms. The molecule has 0 heterocycles. The molecule has 0 bridgehead atoms. The fourth-order valence-electron chi connectivity index (χ4n) is 1.17. The van der Waals surface area contributed by atoms with Crippen molar-refractivity contribution in [3.05, 3.63) is 0 Å². The Morgan fingerprint density at radius 3 is 1.93 bits per heavy atom. The predicted molar refractivity (Wildman–Crippen MR) is 57.8 cm³/mol. The number of aliphatic carboxylic acids is 1. The van der Waals surface area contributed by atoms with Crippen LogP contribution in [0.5, 0.6) is 0 Å². The molecule has 1 N–H and O–H groups in total. The first-order valence-corrected chi connectivity index (χ1v) is 4.87. The van der Waals surface area contributed by atoms with Crippen molar-refractivity contribution < 1.29 is 14.7 Å². The molecule has 0 fully saturated rings. The van der Waals surface area contributed by atoms with Crippen molar-refractivity contribution in [3.63, 3.8) is 0 Å². The monoisotopic (exact) mass is 216 g/mol. The normalized spacial score (nSPS) is 11.0. The maximum atomic E-state index is 11.8. The van der Waals surface area contributed by atoms with Gasteiger partial charge in [0.25, 0.3) is 0 Å². The van der Waals surface area contributed by atoms with Gasteiger partial charge in [-0.2, -0.15) is 0 Å². The van der Waals surface area contributed by atoms with E-state index in [1.165, 1.54) is 4.90 Å². The number of carboxylic acid groups (broad SMARTS) is 1. The van der Waals surface area contributed by atoms with E-state index in [1.807, 2.05) is 20.8 Å².